The van der Waals surface area contributed by atoms with E-state index in [2.05, 4.69) is 15.9 Å². The van der Waals surface area contributed by atoms with Crippen LogP contribution in [0, 0.1) is 5.82 Å². The second-order valence-corrected chi connectivity index (χ2v) is 4.95. The van der Waals surface area contributed by atoms with Crippen molar-refractivity contribution in [3.63, 3.8) is 0 Å². The van der Waals surface area contributed by atoms with E-state index < -0.39 is 5.82 Å². The molecule has 0 amide bonds. The van der Waals surface area contributed by atoms with Crippen molar-refractivity contribution in [3.8, 4) is 0 Å². The molecular weight excluding hydrogens is 311 g/mol. The van der Waals surface area contributed by atoms with E-state index in [1.165, 1.54) is 24.3 Å². The van der Waals surface area contributed by atoms with Crippen molar-refractivity contribution < 1.29 is 14.0 Å². The van der Waals surface area contributed by atoms with Crippen molar-refractivity contribution in [3.05, 3.63) is 69.9 Å². The normalized spacial score (nSPS) is 10.2. The Labute approximate surface area is 118 Å². The van der Waals surface area contributed by atoms with Crippen LogP contribution in [0.4, 0.5) is 4.39 Å². The van der Waals surface area contributed by atoms with E-state index in [0.717, 1.165) is 4.47 Å². The molecule has 96 valence electrons. The molecule has 0 aliphatic heterocycles. The average molecular weight is 321 g/mol. The molecule has 19 heavy (non-hydrogen) atoms. The third kappa shape index (κ3) is 3.58. The molecule has 0 aliphatic carbocycles. The lowest BCUT2D eigenvalue weighted by atomic mass is 10.0. The summed E-state index contributed by atoms with van der Waals surface area (Å²) in [5.74, 6) is -0.967. The monoisotopic (exact) mass is 320 g/mol. The summed E-state index contributed by atoms with van der Waals surface area (Å²) >= 11 is 3.28. The first-order valence-corrected chi connectivity index (χ1v) is 6.43. The van der Waals surface area contributed by atoms with Gasteiger partial charge in [-0.1, -0.05) is 28.1 Å². The van der Waals surface area contributed by atoms with Gasteiger partial charge in [0.2, 0.25) is 0 Å². The van der Waals surface area contributed by atoms with Crippen LogP contribution in [0.1, 0.15) is 27.1 Å². The number of halogens is 2. The summed E-state index contributed by atoms with van der Waals surface area (Å²) < 4.78 is 13.6. The molecular formula is C15H10BrFO2. The molecule has 0 saturated heterocycles. The van der Waals surface area contributed by atoms with Crippen molar-refractivity contribution in [1.82, 2.24) is 0 Å². The van der Waals surface area contributed by atoms with Gasteiger partial charge in [0.1, 0.15) is 5.82 Å². The van der Waals surface area contributed by atoms with Crippen molar-refractivity contribution in [1.29, 1.82) is 0 Å². The van der Waals surface area contributed by atoms with Crippen LogP contribution in [0.2, 0.25) is 0 Å². The Morgan fingerprint density at radius 3 is 1.74 bits per heavy atom. The molecule has 2 rings (SSSR count). The molecule has 0 radical (unpaired) electrons. The molecule has 0 fully saturated rings. The standard InChI is InChI=1S/C15H10BrFO2/c16-12-5-1-10(2-6-12)14(18)9-15(19)11-3-7-13(17)8-4-11/h1-8H,9H2. The van der Waals surface area contributed by atoms with Crippen molar-refractivity contribution in [2.45, 2.75) is 6.42 Å². The number of rotatable bonds is 4. The first-order chi connectivity index (χ1) is 9.06. The maximum Gasteiger partial charge on any atom is 0.170 e. The van der Waals surface area contributed by atoms with Gasteiger partial charge in [-0.3, -0.25) is 9.59 Å². The summed E-state index contributed by atoms with van der Waals surface area (Å²) in [6, 6.07) is 12.0. The summed E-state index contributed by atoms with van der Waals surface area (Å²) in [7, 11) is 0. The van der Waals surface area contributed by atoms with E-state index in [0.29, 0.717) is 11.1 Å². The highest BCUT2D eigenvalue weighted by Crippen LogP contribution is 2.13. The first kappa shape index (κ1) is 13.6. The maximum absolute atomic E-state index is 12.7. The molecule has 0 heterocycles. The lowest BCUT2D eigenvalue weighted by Crippen LogP contribution is -2.08. The fraction of sp³-hybridized carbons (Fsp3) is 0.0667. The lowest BCUT2D eigenvalue weighted by molar-refractivity contribution is 0.0894. The molecule has 0 spiro atoms. The molecule has 0 unspecified atom stereocenters. The van der Waals surface area contributed by atoms with Crippen LogP contribution >= 0.6 is 15.9 Å². The number of carbonyl (C=O) groups excluding carboxylic acids is 2. The Bertz CT molecular complexity index is 548. The Balaban J connectivity index is 2.08. The average Bonchev–Trinajstić information content (AvgIpc) is 2.40. The van der Waals surface area contributed by atoms with E-state index in [4.69, 9.17) is 0 Å². The van der Waals surface area contributed by atoms with Gasteiger partial charge in [0.25, 0.3) is 0 Å². The fourth-order valence-corrected chi connectivity index (χ4v) is 1.89. The van der Waals surface area contributed by atoms with Gasteiger partial charge in [-0.05, 0) is 36.4 Å². The number of carbonyl (C=O) groups is 2. The second kappa shape index (κ2) is 5.89. The van der Waals surface area contributed by atoms with Gasteiger partial charge >= 0.3 is 0 Å². The minimum atomic E-state index is -0.407. The molecule has 2 nitrogen and oxygen atoms in total. The van der Waals surface area contributed by atoms with Gasteiger partial charge < -0.3 is 0 Å². The molecule has 4 heteroatoms. The predicted molar refractivity (Wildman–Crippen MR) is 73.8 cm³/mol. The highest BCUT2D eigenvalue weighted by Gasteiger charge is 2.13. The minimum absolute atomic E-state index is 0.215. The van der Waals surface area contributed by atoms with Gasteiger partial charge in [0.15, 0.2) is 11.6 Å². The van der Waals surface area contributed by atoms with Gasteiger partial charge in [-0.2, -0.15) is 0 Å². The van der Waals surface area contributed by atoms with Crippen molar-refractivity contribution >= 4 is 27.5 Å². The SMILES string of the molecule is O=C(CC(=O)c1ccc(Br)cc1)c1ccc(F)cc1. The Morgan fingerprint density at radius 2 is 1.26 bits per heavy atom. The summed E-state index contributed by atoms with van der Waals surface area (Å²) in [6.45, 7) is 0. The Kier molecular flexibility index (Phi) is 4.22. The van der Waals surface area contributed by atoms with Crippen molar-refractivity contribution in [2.24, 2.45) is 0 Å². The van der Waals surface area contributed by atoms with E-state index in [9.17, 15) is 14.0 Å². The number of hydrogen-bond acceptors (Lipinski definition) is 2. The minimum Gasteiger partial charge on any atom is -0.294 e. The Hall–Kier alpha value is -1.81. The summed E-state index contributed by atoms with van der Waals surface area (Å²) in [5.41, 5.74) is 0.825. The summed E-state index contributed by atoms with van der Waals surface area (Å²) in [4.78, 5) is 23.8. The van der Waals surface area contributed by atoms with E-state index in [1.807, 2.05) is 0 Å². The van der Waals surface area contributed by atoms with Crippen LogP contribution in [0.25, 0.3) is 0 Å². The van der Waals surface area contributed by atoms with Crippen LogP contribution < -0.4 is 0 Å². The zero-order valence-corrected chi connectivity index (χ0v) is 11.5. The fourth-order valence-electron chi connectivity index (χ4n) is 1.62. The molecule has 0 N–H and O–H groups in total. The van der Waals surface area contributed by atoms with Crippen LogP contribution in [-0.2, 0) is 0 Å². The highest BCUT2D eigenvalue weighted by molar-refractivity contribution is 9.10. The molecule has 0 saturated carbocycles. The molecule has 2 aromatic rings. The highest BCUT2D eigenvalue weighted by atomic mass is 79.9. The van der Waals surface area contributed by atoms with Gasteiger partial charge in [0, 0.05) is 15.6 Å². The van der Waals surface area contributed by atoms with Crippen molar-refractivity contribution in [2.75, 3.05) is 0 Å². The number of hydrogen-bond donors (Lipinski definition) is 0. The number of ketones is 2. The molecule has 0 atom stereocenters. The zero-order chi connectivity index (χ0) is 13.8. The largest absolute Gasteiger partial charge is 0.294 e. The molecule has 0 aromatic heterocycles. The van der Waals surface area contributed by atoms with Crippen LogP contribution in [0.5, 0.6) is 0 Å². The zero-order valence-electron chi connectivity index (χ0n) is 9.90. The quantitative estimate of drug-likeness (QED) is 0.629. The summed E-state index contributed by atoms with van der Waals surface area (Å²) in [6.07, 6.45) is -0.215. The van der Waals surface area contributed by atoms with Crippen LogP contribution in [0.3, 0.4) is 0 Å². The second-order valence-electron chi connectivity index (χ2n) is 4.04. The van der Waals surface area contributed by atoms with Crippen LogP contribution in [-0.4, -0.2) is 11.6 Å². The number of benzene rings is 2. The topological polar surface area (TPSA) is 34.1 Å². The first-order valence-electron chi connectivity index (χ1n) is 5.64. The molecule has 0 bridgehead atoms. The molecule has 2 aromatic carbocycles. The number of Topliss-reactive ketones (excluding diaryl/α,β-unsaturated/α-hetero) is 2. The summed E-state index contributed by atoms with van der Waals surface area (Å²) in [5, 5.41) is 0. The van der Waals surface area contributed by atoms with Crippen LogP contribution in [0.15, 0.2) is 53.0 Å². The third-order valence-corrected chi connectivity index (χ3v) is 3.18. The Morgan fingerprint density at radius 1 is 0.842 bits per heavy atom. The van der Waals surface area contributed by atoms with Gasteiger partial charge in [-0.25, -0.2) is 4.39 Å². The van der Waals surface area contributed by atoms with Gasteiger partial charge in [-0.15, -0.1) is 0 Å². The third-order valence-electron chi connectivity index (χ3n) is 2.65. The van der Waals surface area contributed by atoms with E-state index in [-0.39, 0.29) is 18.0 Å². The molecule has 0 aliphatic rings. The van der Waals surface area contributed by atoms with E-state index in [1.54, 1.807) is 24.3 Å². The lowest BCUT2D eigenvalue weighted by Gasteiger charge is -2.02. The maximum atomic E-state index is 12.7. The van der Waals surface area contributed by atoms with E-state index >= 15 is 0 Å². The van der Waals surface area contributed by atoms with Gasteiger partial charge in [0.05, 0.1) is 6.42 Å². The smallest absolute Gasteiger partial charge is 0.170 e. The predicted octanol–water partition coefficient (Wildman–Crippen LogP) is 4.04.